The molecule has 0 fully saturated rings. The number of rotatable bonds is 6. The normalized spacial score (nSPS) is 10.8. The number of aromatic amines is 1. The van der Waals surface area contributed by atoms with E-state index < -0.39 is 0 Å². The molecule has 0 aliphatic carbocycles. The van der Waals surface area contributed by atoms with Gasteiger partial charge in [-0.3, -0.25) is 14.9 Å². The van der Waals surface area contributed by atoms with Crippen LogP contribution < -0.4 is 5.32 Å². The summed E-state index contributed by atoms with van der Waals surface area (Å²) in [6, 6.07) is 7.26. The summed E-state index contributed by atoms with van der Waals surface area (Å²) in [5.74, 6) is 1.48. The molecule has 4 aromatic rings. The van der Waals surface area contributed by atoms with E-state index in [2.05, 4.69) is 46.0 Å². The van der Waals surface area contributed by atoms with E-state index in [1.54, 1.807) is 35.4 Å². The van der Waals surface area contributed by atoms with Crippen molar-refractivity contribution in [3.8, 4) is 11.5 Å². The zero-order valence-electron chi connectivity index (χ0n) is 14.9. The minimum absolute atomic E-state index is 0.206. The van der Waals surface area contributed by atoms with E-state index >= 15 is 0 Å². The lowest BCUT2D eigenvalue weighted by Crippen LogP contribution is -2.23. The third-order valence-corrected chi connectivity index (χ3v) is 4.00. The van der Waals surface area contributed by atoms with E-state index in [1.165, 1.54) is 0 Å². The number of H-pyrrole nitrogens is 1. The third-order valence-electron chi connectivity index (χ3n) is 4.00. The van der Waals surface area contributed by atoms with Gasteiger partial charge in [0, 0.05) is 18.0 Å². The van der Waals surface area contributed by atoms with Crippen LogP contribution in [0.1, 0.15) is 27.6 Å². The Morgan fingerprint density at radius 3 is 2.79 bits per heavy atom. The van der Waals surface area contributed by atoms with E-state index in [0.29, 0.717) is 29.5 Å². The lowest BCUT2D eigenvalue weighted by molar-refractivity contribution is 0.0950. The van der Waals surface area contributed by atoms with E-state index in [0.717, 1.165) is 11.4 Å². The summed E-state index contributed by atoms with van der Waals surface area (Å²) in [6.45, 7) is 2.60. The topological polar surface area (TPSA) is 140 Å². The van der Waals surface area contributed by atoms with Gasteiger partial charge < -0.3 is 5.32 Å². The summed E-state index contributed by atoms with van der Waals surface area (Å²) < 4.78 is 1.69. The first kappa shape index (κ1) is 17.4. The number of nitrogens with one attached hydrogen (secondary N) is 2. The molecule has 0 aliphatic heterocycles. The first-order chi connectivity index (χ1) is 13.7. The van der Waals surface area contributed by atoms with E-state index in [9.17, 15) is 4.79 Å². The summed E-state index contributed by atoms with van der Waals surface area (Å²) in [4.78, 5) is 24.8. The van der Waals surface area contributed by atoms with Crippen LogP contribution in [0, 0.1) is 6.92 Å². The number of aryl methyl sites for hydroxylation is 1. The lowest BCUT2D eigenvalue weighted by atomic mass is 10.1. The fraction of sp³-hybridized carbons (Fsp3) is 0.176. The maximum atomic E-state index is 12.3. The summed E-state index contributed by atoms with van der Waals surface area (Å²) in [6.07, 6.45) is 4.72. The Balaban J connectivity index is 1.35. The van der Waals surface area contributed by atoms with Gasteiger partial charge in [-0.15, -0.1) is 5.10 Å². The second-order valence-electron chi connectivity index (χ2n) is 5.96. The SMILES string of the molecule is Cc1nnnn1Cc1ccc(C(=O)NCc2nc(-c3cnccn3)n[nH]2)cc1. The van der Waals surface area contributed by atoms with Gasteiger partial charge in [0.15, 0.2) is 0 Å². The van der Waals surface area contributed by atoms with Gasteiger partial charge in [-0.05, 0) is 35.0 Å². The smallest absolute Gasteiger partial charge is 0.251 e. The molecular formula is C17H16N10O. The number of carbonyl (C=O) groups is 1. The molecule has 0 radical (unpaired) electrons. The van der Waals surface area contributed by atoms with Crippen LogP contribution in [0.15, 0.2) is 42.9 Å². The lowest BCUT2D eigenvalue weighted by Gasteiger charge is -2.05. The number of nitrogens with zero attached hydrogens (tertiary/aromatic N) is 8. The molecular weight excluding hydrogens is 360 g/mol. The second-order valence-corrected chi connectivity index (χ2v) is 5.96. The van der Waals surface area contributed by atoms with Gasteiger partial charge in [-0.2, -0.15) is 5.10 Å². The maximum absolute atomic E-state index is 12.3. The van der Waals surface area contributed by atoms with E-state index in [4.69, 9.17) is 0 Å². The molecule has 140 valence electrons. The first-order valence-corrected chi connectivity index (χ1v) is 8.46. The summed E-state index contributed by atoms with van der Waals surface area (Å²) in [7, 11) is 0. The van der Waals surface area contributed by atoms with Crippen LogP contribution in [0.3, 0.4) is 0 Å². The molecule has 3 heterocycles. The van der Waals surface area contributed by atoms with E-state index in [1.807, 2.05) is 19.1 Å². The molecule has 1 amide bonds. The van der Waals surface area contributed by atoms with E-state index in [-0.39, 0.29) is 12.5 Å². The average molecular weight is 376 g/mol. The Kier molecular flexibility index (Phi) is 4.78. The molecule has 3 aromatic heterocycles. The minimum atomic E-state index is -0.206. The number of hydrogen-bond donors (Lipinski definition) is 2. The highest BCUT2D eigenvalue weighted by Gasteiger charge is 2.10. The van der Waals surface area contributed by atoms with Crippen molar-refractivity contribution in [2.24, 2.45) is 0 Å². The van der Waals surface area contributed by atoms with Crippen molar-refractivity contribution < 1.29 is 4.79 Å². The number of carbonyl (C=O) groups excluding carboxylic acids is 1. The molecule has 0 bridgehead atoms. The van der Waals surface area contributed by atoms with Crippen molar-refractivity contribution in [2.45, 2.75) is 20.0 Å². The number of benzene rings is 1. The van der Waals surface area contributed by atoms with Crippen molar-refractivity contribution in [2.75, 3.05) is 0 Å². The molecule has 0 atom stereocenters. The van der Waals surface area contributed by atoms with Crippen LogP contribution in [-0.4, -0.2) is 51.3 Å². The Morgan fingerprint density at radius 2 is 2.07 bits per heavy atom. The number of tetrazole rings is 1. The fourth-order valence-electron chi connectivity index (χ4n) is 2.50. The van der Waals surface area contributed by atoms with Crippen molar-refractivity contribution in [3.63, 3.8) is 0 Å². The second kappa shape index (κ2) is 7.70. The molecule has 11 heteroatoms. The largest absolute Gasteiger partial charge is 0.345 e. The number of aromatic nitrogens is 9. The van der Waals surface area contributed by atoms with Crippen molar-refractivity contribution in [1.82, 2.24) is 50.7 Å². The van der Waals surface area contributed by atoms with Crippen LogP contribution in [0.2, 0.25) is 0 Å². The Hall–Kier alpha value is -4.02. The Morgan fingerprint density at radius 1 is 1.21 bits per heavy atom. The number of amides is 1. The highest BCUT2D eigenvalue weighted by atomic mass is 16.1. The maximum Gasteiger partial charge on any atom is 0.251 e. The van der Waals surface area contributed by atoms with Crippen LogP contribution in [0.25, 0.3) is 11.5 Å². The standard InChI is InChI=1S/C17H16N10O/c1-11-22-25-26-27(11)10-12-2-4-13(5-3-12)17(28)20-9-15-21-16(24-23-15)14-8-18-6-7-19-14/h2-8H,9-10H2,1H3,(H,20,28)(H,21,23,24). The highest BCUT2D eigenvalue weighted by Crippen LogP contribution is 2.09. The third kappa shape index (κ3) is 3.87. The molecule has 1 aromatic carbocycles. The van der Waals surface area contributed by atoms with Crippen LogP contribution in [0.4, 0.5) is 0 Å². The highest BCUT2D eigenvalue weighted by molar-refractivity contribution is 5.94. The van der Waals surface area contributed by atoms with Crippen LogP contribution >= 0.6 is 0 Å². The van der Waals surface area contributed by atoms with Crippen molar-refractivity contribution in [3.05, 3.63) is 65.6 Å². The molecule has 0 saturated carbocycles. The van der Waals surface area contributed by atoms with Crippen molar-refractivity contribution >= 4 is 5.91 Å². The summed E-state index contributed by atoms with van der Waals surface area (Å²) >= 11 is 0. The zero-order valence-corrected chi connectivity index (χ0v) is 14.9. The van der Waals surface area contributed by atoms with Gasteiger partial charge in [0.2, 0.25) is 5.82 Å². The predicted octanol–water partition coefficient (Wildman–Crippen LogP) is 0.535. The average Bonchev–Trinajstić information content (AvgIpc) is 3.37. The van der Waals surface area contributed by atoms with Gasteiger partial charge in [0.1, 0.15) is 17.3 Å². The Bertz CT molecular complexity index is 1070. The van der Waals surface area contributed by atoms with Gasteiger partial charge in [-0.1, -0.05) is 12.1 Å². The molecule has 0 spiro atoms. The van der Waals surface area contributed by atoms with Crippen LogP contribution in [0.5, 0.6) is 0 Å². The molecule has 4 rings (SSSR count). The zero-order chi connectivity index (χ0) is 19.3. The first-order valence-electron chi connectivity index (χ1n) is 8.46. The predicted molar refractivity (Wildman–Crippen MR) is 96.7 cm³/mol. The number of hydrogen-bond acceptors (Lipinski definition) is 8. The Labute approximate surface area is 159 Å². The summed E-state index contributed by atoms with van der Waals surface area (Å²) in [5.41, 5.74) is 2.10. The molecule has 11 nitrogen and oxygen atoms in total. The van der Waals surface area contributed by atoms with Gasteiger partial charge >= 0.3 is 0 Å². The molecule has 2 N–H and O–H groups in total. The molecule has 0 saturated heterocycles. The minimum Gasteiger partial charge on any atom is -0.345 e. The molecule has 28 heavy (non-hydrogen) atoms. The summed E-state index contributed by atoms with van der Waals surface area (Å²) in [5, 5.41) is 21.0. The van der Waals surface area contributed by atoms with Gasteiger partial charge in [0.05, 0.1) is 19.3 Å². The quantitative estimate of drug-likeness (QED) is 0.497. The van der Waals surface area contributed by atoms with Gasteiger partial charge in [-0.25, -0.2) is 14.6 Å². The fourth-order valence-corrected chi connectivity index (χ4v) is 2.50. The van der Waals surface area contributed by atoms with Crippen LogP contribution in [-0.2, 0) is 13.1 Å². The van der Waals surface area contributed by atoms with Gasteiger partial charge in [0.25, 0.3) is 5.91 Å². The monoisotopic (exact) mass is 376 g/mol. The van der Waals surface area contributed by atoms with Crippen molar-refractivity contribution in [1.29, 1.82) is 0 Å². The molecule has 0 unspecified atom stereocenters. The molecule has 0 aliphatic rings.